The first-order valence-electron chi connectivity index (χ1n) is 5.41. The second-order valence-corrected chi connectivity index (χ2v) is 4.33. The average Bonchev–Trinajstić information content (AvgIpc) is 2.18. The summed E-state index contributed by atoms with van der Waals surface area (Å²) >= 11 is 0. The van der Waals surface area contributed by atoms with Crippen LogP contribution in [0.2, 0.25) is 0 Å². The second-order valence-electron chi connectivity index (χ2n) is 4.33. The fraction of sp³-hybridized carbons (Fsp3) is 0.583. The van der Waals surface area contributed by atoms with E-state index in [-0.39, 0.29) is 0 Å². The lowest BCUT2D eigenvalue weighted by Gasteiger charge is -2.25. The van der Waals surface area contributed by atoms with Gasteiger partial charge in [-0.25, -0.2) is 0 Å². The zero-order valence-corrected chi connectivity index (χ0v) is 10.1. The van der Waals surface area contributed by atoms with Crippen molar-refractivity contribution in [2.75, 3.05) is 20.6 Å². The molecule has 0 aromatic carbocycles. The van der Waals surface area contributed by atoms with Crippen LogP contribution >= 0.6 is 0 Å². The van der Waals surface area contributed by atoms with Crippen LogP contribution in [0.25, 0.3) is 0 Å². The van der Waals surface area contributed by atoms with Crippen molar-refractivity contribution in [3.8, 4) is 0 Å². The third-order valence-electron chi connectivity index (χ3n) is 2.41. The molecule has 0 aliphatic carbocycles. The minimum absolute atomic E-state index is 0.390. The van der Waals surface area contributed by atoms with E-state index in [0.29, 0.717) is 12.1 Å². The molecule has 0 fully saturated rings. The topological polar surface area (TPSA) is 28.2 Å². The van der Waals surface area contributed by atoms with Crippen LogP contribution < -0.4 is 5.32 Å². The summed E-state index contributed by atoms with van der Waals surface area (Å²) in [5.41, 5.74) is 1.26. The fourth-order valence-electron chi connectivity index (χ4n) is 1.52. The lowest BCUT2D eigenvalue weighted by molar-refractivity contribution is 0.282. The van der Waals surface area contributed by atoms with E-state index in [0.717, 1.165) is 6.54 Å². The molecule has 3 heteroatoms. The molecule has 3 nitrogen and oxygen atoms in total. The van der Waals surface area contributed by atoms with E-state index >= 15 is 0 Å². The number of nitrogens with one attached hydrogen (secondary N) is 1. The van der Waals surface area contributed by atoms with Crippen LogP contribution in [-0.2, 0) is 0 Å². The van der Waals surface area contributed by atoms with Gasteiger partial charge in [0.2, 0.25) is 0 Å². The van der Waals surface area contributed by atoms with Gasteiger partial charge in [-0.05, 0) is 25.7 Å². The van der Waals surface area contributed by atoms with E-state index in [2.05, 4.69) is 49.2 Å². The van der Waals surface area contributed by atoms with E-state index in [1.807, 2.05) is 18.5 Å². The first-order chi connectivity index (χ1) is 7.11. The zero-order chi connectivity index (χ0) is 11.3. The predicted molar refractivity (Wildman–Crippen MR) is 63.8 cm³/mol. The highest BCUT2D eigenvalue weighted by Gasteiger charge is 2.13. The van der Waals surface area contributed by atoms with E-state index in [1.54, 1.807) is 0 Å². The van der Waals surface area contributed by atoms with Gasteiger partial charge in [0.25, 0.3) is 0 Å². The molecule has 84 valence electrons. The molecule has 1 N–H and O–H groups in total. The molecule has 1 heterocycles. The molecule has 1 atom stereocenters. The summed E-state index contributed by atoms with van der Waals surface area (Å²) in [6.07, 6.45) is 3.75. The van der Waals surface area contributed by atoms with Crippen molar-refractivity contribution in [3.63, 3.8) is 0 Å². The molecule has 0 amide bonds. The van der Waals surface area contributed by atoms with Crippen molar-refractivity contribution in [1.82, 2.24) is 15.2 Å². The van der Waals surface area contributed by atoms with Gasteiger partial charge in [0.05, 0.1) is 0 Å². The van der Waals surface area contributed by atoms with Gasteiger partial charge >= 0.3 is 0 Å². The number of rotatable bonds is 5. The number of nitrogens with zero attached hydrogens (tertiary/aromatic N) is 2. The Morgan fingerprint density at radius 3 is 2.60 bits per heavy atom. The average molecular weight is 207 g/mol. The summed E-state index contributed by atoms with van der Waals surface area (Å²) < 4.78 is 0. The Morgan fingerprint density at radius 1 is 1.40 bits per heavy atom. The summed E-state index contributed by atoms with van der Waals surface area (Å²) in [4.78, 5) is 6.38. The molecule has 0 aliphatic heterocycles. The molecule has 0 saturated heterocycles. The van der Waals surface area contributed by atoms with Crippen LogP contribution in [0.15, 0.2) is 24.5 Å². The predicted octanol–water partition coefficient (Wildman–Crippen LogP) is 1.68. The van der Waals surface area contributed by atoms with Crippen LogP contribution in [0.1, 0.15) is 25.5 Å². The molecule has 0 spiro atoms. The summed E-state index contributed by atoms with van der Waals surface area (Å²) in [5, 5.41) is 3.46. The highest BCUT2D eigenvalue weighted by molar-refractivity contribution is 5.14. The Balaban J connectivity index is 2.66. The van der Waals surface area contributed by atoms with Crippen LogP contribution in [0.5, 0.6) is 0 Å². The SMILES string of the molecule is CC(C)NCC(c1cccnc1)N(C)C. The number of pyridine rings is 1. The number of aromatic nitrogens is 1. The maximum atomic E-state index is 4.16. The van der Waals surface area contributed by atoms with E-state index < -0.39 is 0 Å². The van der Waals surface area contributed by atoms with Crippen molar-refractivity contribution in [1.29, 1.82) is 0 Å². The Labute approximate surface area is 92.5 Å². The number of hydrogen-bond acceptors (Lipinski definition) is 3. The standard InChI is InChI=1S/C12H21N3/c1-10(2)14-9-12(15(3)4)11-6-5-7-13-8-11/h5-8,10,12,14H,9H2,1-4H3. The van der Waals surface area contributed by atoms with Gasteiger partial charge < -0.3 is 10.2 Å². The molecular weight excluding hydrogens is 186 g/mol. The van der Waals surface area contributed by atoms with Crippen molar-refractivity contribution in [2.24, 2.45) is 0 Å². The monoisotopic (exact) mass is 207 g/mol. The quantitative estimate of drug-likeness (QED) is 0.796. The molecule has 0 bridgehead atoms. The molecule has 1 aromatic rings. The number of hydrogen-bond donors (Lipinski definition) is 1. The van der Waals surface area contributed by atoms with Crippen LogP contribution in [0.3, 0.4) is 0 Å². The highest BCUT2D eigenvalue weighted by Crippen LogP contribution is 2.15. The van der Waals surface area contributed by atoms with Gasteiger partial charge in [-0.3, -0.25) is 4.98 Å². The minimum Gasteiger partial charge on any atom is -0.313 e. The van der Waals surface area contributed by atoms with Crippen molar-refractivity contribution < 1.29 is 0 Å². The van der Waals surface area contributed by atoms with Gasteiger partial charge in [0.15, 0.2) is 0 Å². The van der Waals surface area contributed by atoms with Gasteiger partial charge in [0, 0.05) is 31.0 Å². The van der Waals surface area contributed by atoms with Crippen molar-refractivity contribution in [2.45, 2.75) is 25.9 Å². The fourth-order valence-corrected chi connectivity index (χ4v) is 1.52. The third kappa shape index (κ3) is 3.98. The lowest BCUT2D eigenvalue weighted by Crippen LogP contribution is -2.34. The maximum Gasteiger partial charge on any atom is 0.0482 e. The third-order valence-corrected chi connectivity index (χ3v) is 2.41. The van der Waals surface area contributed by atoms with E-state index in [9.17, 15) is 0 Å². The highest BCUT2D eigenvalue weighted by atomic mass is 15.1. The largest absolute Gasteiger partial charge is 0.313 e. The Kier molecular flexibility index (Phi) is 4.72. The van der Waals surface area contributed by atoms with Gasteiger partial charge in [-0.1, -0.05) is 19.9 Å². The Hall–Kier alpha value is -0.930. The summed E-state index contributed by atoms with van der Waals surface area (Å²) in [6, 6.07) is 5.02. The van der Waals surface area contributed by atoms with Crippen molar-refractivity contribution in [3.05, 3.63) is 30.1 Å². The van der Waals surface area contributed by atoms with Crippen LogP contribution in [0.4, 0.5) is 0 Å². The molecule has 1 aromatic heterocycles. The first-order valence-corrected chi connectivity index (χ1v) is 5.41. The molecule has 0 aliphatic rings. The number of likely N-dealkylation sites (N-methyl/N-ethyl adjacent to an activating group) is 1. The van der Waals surface area contributed by atoms with Crippen LogP contribution in [-0.4, -0.2) is 36.6 Å². The smallest absolute Gasteiger partial charge is 0.0482 e. The molecular formula is C12H21N3. The summed E-state index contributed by atoms with van der Waals surface area (Å²) in [7, 11) is 4.19. The van der Waals surface area contributed by atoms with E-state index in [1.165, 1.54) is 5.56 Å². The maximum absolute atomic E-state index is 4.16. The van der Waals surface area contributed by atoms with Gasteiger partial charge in [0.1, 0.15) is 0 Å². The second kappa shape index (κ2) is 5.83. The summed E-state index contributed by atoms with van der Waals surface area (Å²) in [6.45, 7) is 5.28. The van der Waals surface area contributed by atoms with Crippen molar-refractivity contribution >= 4 is 0 Å². The minimum atomic E-state index is 0.390. The van der Waals surface area contributed by atoms with Gasteiger partial charge in [-0.15, -0.1) is 0 Å². The Bertz CT molecular complexity index is 269. The molecule has 0 saturated carbocycles. The molecule has 1 rings (SSSR count). The Morgan fingerprint density at radius 2 is 2.13 bits per heavy atom. The van der Waals surface area contributed by atoms with Crippen LogP contribution in [0, 0.1) is 0 Å². The normalized spacial score (nSPS) is 13.5. The zero-order valence-electron chi connectivity index (χ0n) is 10.1. The molecule has 1 unspecified atom stereocenters. The summed E-state index contributed by atoms with van der Waals surface area (Å²) in [5.74, 6) is 0. The molecule has 15 heavy (non-hydrogen) atoms. The van der Waals surface area contributed by atoms with E-state index in [4.69, 9.17) is 0 Å². The first kappa shape index (κ1) is 12.1. The molecule has 0 radical (unpaired) electrons. The lowest BCUT2D eigenvalue weighted by atomic mass is 10.1. The van der Waals surface area contributed by atoms with Gasteiger partial charge in [-0.2, -0.15) is 0 Å².